The summed E-state index contributed by atoms with van der Waals surface area (Å²) >= 11 is 12.5. The first-order valence-corrected chi connectivity index (χ1v) is 8.11. The molecule has 0 aromatic heterocycles. The van der Waals surface area contributed by atoms with Crippen LogP contribution in [0.2, 0.25) is 10.0 Å². The van der Waals surface area contributed by atoms with Gasteiger partial charge < -0.3 is 5.73 Å². The smallest absolute Gasteiger partial charge is 0.0453 e. The second-order valence-corrected chi connectivity index (χ2v) is 7.45. The van der Waals surface area contributed by atoms with E-state index >= 15 is 0 Å². The minimum atomic E-state index is 0.232. The Balaban J connectivity index is 1.50. The molecule has 0 spiro atoms. The minimum Gasteiger partial charge on any atom is -0.327 e. The molecule has 0 heterocycles. The van der Waals surface area contributed by atoms with Crippen LogP contribution in [0.25, 0.3) is 0 Å². The van der Waals surface area contributed by atoms with E-state index in [-0.39, 0.29) is 6.04 Å². The van der Waals surface area contributed by atoms with Crippen LogP contribution in [0, 0.1) is 29.6 Å². The van der Waals surface area contributed by atoms with E-state index in [0.717, 1.165) is 51.6 Å². The highest BCUT2D eigenvalue weighted by Crippen LogP contribution is 2.70. The van der Waals surface area contributed by atoms with Gasteiger partial charge in [0, 0.05) is 16.1 Å². The normalized spacial score (nSPS) is 40.3. The van der Waals surface area contributed by atoms with Crippen molar-refractivity contribution in [2.75, 3.05) is 0 Å². The van der Waals surface area contributed by atoms with E-state index < -0.39 is 0 Å². The van der Waals surface area contributed by atoms with Crippen LogP contribution in [0.3, 0.4) is 0 Å². The SMILES string of the molecule is NC(Cc1c(Cl)cccc1Cl)C1C2C3CCC(C3)C12. The van der Waals surface area contributed by atoms with Crippen molar-refractivity contribution < 1.29 is 0 Å². The highest BCUT2D eigenvalue weighted by molar-refractivity contribution is 6.36. The van der Waals surface area contributed by atoms with Crippen molar-refractivity contribution in [2.45, 2.75) is 31.7 Å². The largest absolute Gasteiger partial charge is 0.327 e. The average Bonchev–Trinajstić information content (AvgIpc) is 2.83. The maximum absolute atomic E-state index is 6.47. The third-order valence-corrected chi connectivity index (χ3v) is 6.50. The van der Waals surface area contributed by atoms with Crippen molar-refractivity contribution in [3.05, 3.63) is 33.8 Å². The van der Waals surface area contributed by atoms with E-state index in [1.54, 1.807) is 0 Å². The Bertz CT molecular complexity index is 479. The first kappa shape index (κ1) is 12.5. The van der Waals surface area contributed by atoms with Crippen molar-refractivity contribution in [3.8, 4) is 0 Å². The molecule has 0 saturated heterocycles. The van der Waals surface area contributed by atoms with Crippen LogP contribution in [-0.4, -0.2) is 6.04 Å². The van der Waals surface area contributed by atoms with Crippen molar-refractivity contribution >= 4 is 23.2 Å². The summed E-state index contributed by atoms with van der Waals surface area (Å²) in [6.45, 7) is 0. The number of hydrogen-bond acceptors (Lipinski definition) is 1. The van der Waals surface area contributed by atoms with E-state index in [2.05, 4.69) is 0 Å². The van der Waals surface area contributed by atoms with Gasteiger partial charge in [0.25, 0.3) is 0 Å². The first-order valence-electron chi connectivity index (χ1n) is 7.35. The molecular formula is C16H19Cl2N. The molecule has 1 aromatic rings. The Labute approximate surface area is 124 Å². The van der Waals surface area contributed by atoms with Gasteiger partial charge in [-0.25, -0.2) is 0 Å². The Morgan fingerprint density at radius 2 is 1.68 bits per heavy atom. The van der Waals surface area contributed by atoms with E-state index in [9.17, 15) is 0 Å². The average molecular weight is 296 g/mol. The quantitative estimate of drug-likeness (QED) is 0.890. The summed E-state index contributed by atoms with van der Waals surface area (Å²) in [6.07, 6.45) is 5.20. The topological polar surface area (TPSA) is 26.0 Å². The van der Waals surface area contributed by atoms with E-state index in [4.69, 9.17) is 28.9 Å². The van der Waals surface area contributed by atoms with Crippen molar-refractivity contribution in [1.82, 2.24) is 0 Å². The molecule has 3 aliphatic carbocycles. The predicted molar refractivity (Wildman–Crippen MR) is 79.4 cm³/mol. The molecule has 19 heavy (non-hydrogen) atoms. The summed E-state index contributed by atoms with van der Waals surface area (Å²) in [5.41, 5.74) is 7.51. The number of hydrogen-bond donors (Lipinski definition) is 1. The number of halogens is 2. The van der Waals surface area contributed by atoms with Gasteiger partial charge in [0.2, 0.25) is 0 Å². The summed E-state index contributed by atoms with van der Waals surface area (Å²) in [7, 11) is 0. The van der Waals surface area contributed by atoms with Gasteiger partial charge in [-0.05, 0) is 73.0 Å². The van der Waals surface area contributed by atoms with Crippen LogP contribution in [0.15, 0.2) is 18.2 Å². The molecule has 0 radical (unpaired) electrons. The van der Waals surface area contributed by atoms with Crippen LogP contribution in [-0.2, 0) is 6.42 Å². The summed E-state index contributed by atoms with van der Waals surface area (Å²) in [5.74, 6) is 4.55. The molecule has 2 bridgehead atoms. The number of rotatable bonds is 3. The van der Waals surface area contributed by atoms with Gasteiger partial charge in [-0.1, -0.05) is 29.3 Å². The lowest BCUT2D eigenvalue weighted by atomic mass is 9.94. The molecule has 0 amide bonds. The molecule has 3 saturated carbocycles. The van der Waals surface area contributed by atoms with Gasteiger partial charge in [-0.15, -0.1) is 0 Å². The van der Waals surface area contributed by atoms with Gasteiger partial charge in [-0.3, -0.25) is 0 Å². The molecule has 1 nitrogen and oxygen atoms in total. The van der Waals surface area contributed by atoms with E-state index in [0.29, 0.717) is 0 Å². The third kappa shape index (κ3) is 1.86. The van der Waals surface area contributed by atoms with Crippen molar-refractivity contribution in [3.63, 3.8) is 0 Å². The molecule has 3 aliphatic rings. The highest BCUT2D eigenvalue weighted by Gasteiger charge is 2.66. The molecule has 2 N–H and O–H groups in total. The van der Waals surface area contributed by atoms with Gasteiger partial charge in [0.15, 0.2) is 0 Å². The predicted octanol–water partition coefficient (Wildman–Crippen LogP) is 4.16. The summed E-state index contributed by atoms with van der Waals surface area (Å²) in [5, 5.41) is 1.52. The molecular weight excluding hydrogens is 277 g/mol. The maximum atomic E-state index is 6.47. The highest BCUT2D eigenvalue weighted by atomic mass is 35.5. The summed E-state index contributed by atoms with van der Waals surface area (Å²) in [4.78, 5) is 0. The lowest BCUT2D eigenvalue weighted by Gasteiger charge is -2.17. The Kier molecular flexibility index (Phi) is 2.88. The van der Waals surface area contributed by atoms with Crippen LogP contribution in [0.1, 0.15) is 24.8 Å². The van der Waals surface area contributed by atoms with Crippen LogP contribution in [0.5, 0.6) is 0 Å². The molecule has 102 valence electrons. The van der Waals surface area contributed by atoms with E-state index in [1.165, 1.54) is 19.3 Å². The molecule has 0 aliphatic heterocycles. The van der Waals surface area contributed by atoms with Crippen LogP contribution < -0.4 is 5.73 Å². The van der Waals surface area contributed by atoms with E-state index in [1.807, 2.05) is 18.2 Å². The Morgan fingerprint density at radius 3 is 2.26 bits per heavy atom. The van der Waals surface area contributed by atoms with Gasteiger partial charge >= 0.3 is 0 Å². The monoisotopic (exact) mass is 295 g/mol. The standard InChI is InChI=1S/C16H19Cl2N/c17-11-2-1-3-12(18)10(11)7-13(19)16-14-8-4-5-9(6-8)15(14)16/h1-3,8-9,13-16H,4-7,19H2. The Hall–Kier alpha value is -0.240. The lowest BCUT2D eigenvalue weighted by Crippen LogP contribution is -2.28. The summed E-state index contributed by atoms with van der Waals surface area (Å²) < 4.78 is 0. The zero-order chi connectivity index (χ0) is 13.1. The molecule has 5 atom stereocenters. The Morgan fingerprint density at radius 1 is 1.11 bits per heavy atom. The van der Waals surface area contributed by atoms with Gasteiger partial charge in [0.1, 0.15) is 0 Å². The van der Waals surface area contributed by atoms with Gasteiger partial charge in [0.05, 0.1) is 0 Å². The second-order valence-electron chi connectivity index (χ2n) is 6.63. The fourth-order valence-electron chi connectivity index (χ4n) is 5.06. The first-order chi connectivity index (χ1) is 9.16. The fourth-order valence-corrected chi connectivity index (χ4v) is 5.62. The molecule has 5 unspecified atom stereocenters. The number of benzene rings is 1. The van der Waals surface area contributed by atoms with Crippen LogP contribution in [0.4, 0.5) is 0 Å². The zero-order valence-corrected chi connectivity index (χ0v) is 12.4. The maximum Gasteiger partial charge on any atom is 0.0453 e. The minimum absolute atomic E-state index is 0.232. The number of fused-ring (bicyclic) bond motifs is 5. The molecule has 3 heteroatoms. The van der Waals surface area contributed by atoms with Crippen molar-refractivity contribution in [1.29, 1.82) is 0 Å². The number of nitrogens with two attached hydrogens (primary N) is 1. The lowest BCUT2D eigenvalue weighted by molar-refractivity contribution is 0.409. The summed E-state index contributed by atoms with van der Waals surface area (Å²) in [6, 6.07) is 5.95. The molecule has 3 fully saturated rings. The fraction of sp³-hybridized carbons (Fsp3) is 0.625. The zero-order valence-electron chi connectivity index (χ0n) is 10.9. The second kappa shape index (κ2) is 4.38. The van der Waals surface area contributed by atoms with Crippen molar-refractivity contribution in [2.24, 2.45) is 35.3 Å². The molecule has 1 aromatic carbocycles. The van der Waals surface area contributed by atoms with Gasteiger partial charge in [-0.2, -0.15) is 0 Å². The third-order valence-electron chi connectivity index (χ3n) is 5.79. The molecule has 4 rings (SSSR count). The van der Waals surface area contributed by atoms with Crippen LogP contribution >= 0.6 is 23.2 Å².